The van der Waals surface area contributed by atoms with Crippen LogP contribution in [0.5, 0.6) is 0 Å². The van der Waals surface area contributed by atoms with E-state index >= 15 is 0 Å². The average molecular weight is 655 g/mol. The van der Waals surface area contributed by atoms with Crippen molar-refractivity contribution in [2.45, 2.75) is 79.1 Å². The number of carbonyl (C=O) groups is 4. The van der Waals surface area contributed by atoms with Gasteiger partial charge in [-0.25, -0.2) is 9.67 Å². The molecule has 13 nitrogen and oxygen atoms in total. The maximum atomic E-state index is 14.0. The third kappa shape index (κ3) is 9.18. The van der Waals surface area contributed by atoms with Crippen molar-refractivity contribution in [1.82, 2.24) is 40.1 Å². The smallest absolute Gasteiger partial charge is 0.290 e. The van der Waals surface area contributed by atoms with Crippen LogP contribution in [0.4, 0.5) is 0 Å². The van der Waals surface area contributed by atoms with Gasteiger partial charge in [0.2, 0.25) is 11.8 Å². The van der Waals surface area contributed by atoms with E-state index in [0.717, 1.165) is 17.0 Å². The van der Waals surface area contributed by atoms with Gasteiger partial charge < -0.3 is 20.6 Å². The summed E-state index contributed by atoms with van der Waals surface area (Å²) in [6.45, 7) is 11.4. The predicted molar refractivity (Wildman–Crippen MR) is 177 cm³/mol. The zero-order chi connectivity index (χ0) is 33.8. The van der Waals surface area contributed by atoms with Gasteiger partial charge in [-0.2, -0.15) is 22.0 Å². The molecule has 0 spiro atoms. The molecule has 1 aliphatic heterocycles. The van der Waals surface area contributed by atoms with E-state index in [-0.39, 0.29) is 36.5 Å². The van der Waals surface area contributed by atoms with Gasteiger partial charge in [-0.15, -0.1) is 0 Å². The Morgan fingerprint density at radius 2 is 1.80 bits per heavy atom. The van der Waals surface area contributed by atoms with E-state index in [9.17, 15) is 14.4 Å². The van der Waals surface area contributed by atoms with E-state index in [0.29, 0.717) is 61.9 Å². The lowest BCUT2D eigenvalue weighted by Crippen LogP contribution is -2.49. The van der Waals surface area contributed by atoms with Crippen LogP contribution in [-0.4, -0.2) is 89.9 Å². The molecule has 3 amide bonds. The molecule has 250 valence electrons. The van der Waals surface area contributed by atoms with Gasteiger partial charge in [0.25, 0.3) is 12.4 Å². The van der Waals surface area contributed by atoms with Crippen LogP contribution in [0.2, 0.25) is 0 Å². The van der Waals surface area contributed by atoms with Crippen LogP contribution >= 0.6 is 11.8 Å². The molecular weight excluding hydrogens is 608 g/mol. The van der Waals surface area contributed by atoms with Crippen molar-refractivity contribution in [3.63, 3.8) is 0 Å². The van der Waals surface area contributed by atoms with Gasteiger partial charge in [-0.3, -0.25) is 23.9 Å². The number of rotatable bonds is 7. The molecule has 0 aliphatic carbocycles. The third-order valence-electron chi connectivity index (χ3n) is 7.83. The summed E-state index contributed by atoms with van der Waals surface area (Å²) in [5.41, 5.74) is 2.98. The summed E-state index contributed by atoms with van der Waals surface area (Å²) in [6.07, 6.45) is 3.16. The maximum Gasteiger partial charge on any atom is 0.290 e. The highest BCUT2D eigenvalue weighted by atomic mass is 32.2. The first-order valence-electron chi connectivity index (χ1n) is 15.6. The van der Waals surface area contributed by atoms with Gasteiger partial charge >= 0.3 is 0 Å². The minimum atomic E-state index is -0.669. The average Bonchev–Trinajstić information content (AvgIpc) is 3.58. The second-order valence-electron chi connectivity index (χ2n) is 11.4. The van der Waals surface area contributed by atoms with Crippen molar-refractivity contribution >= 4 is 36.0 Å². The first-order valence-corrected chi connectivity index (χ1v) is 16.9. The SMILES string of the molecule is CCn1nc(C)c(C(=O)N2CCCC(=O)N[C@@H](CCSC)C(=O)N[C@H](C(C)C)c3nc(-c4ccccc4)nn3CC2)c1C.O=CO. The van der Waals surface area contributed by atoms with Crippen molar-refractivity contribution in [2.24, 2.45) is 5.92 Å². The molecule has 0 fully saturated rings. The van der Waals surface area contributed by atoms with E-state index in [1.807, 2.05) is 80.6 Å². The number of carbonyl (C=O) groups excluding carboxylic acids is 3. The van der Waals surface area contributed by atoms with Gasteiger partial charge in [0, 0.05) is 37.3 Å². The number of nitrogens with zero attached hydrogens (tertiary/aromatic N) is 6. The van der Waals surface area contributed by atoms with Crippen molar-refractivity contribution in [3.8, 4) is 11.4 Å². The lowest BCUT2D eigenvalue weighted by Gasteiger charge is -2.28. The van der Waals surface area contributed by atoms with Crippen molar-refractivity contribution in [3.05, 3.63) is 53.1 Å². The number of amides is 3. The Balaban J connectivity index is 0.00000185. The largest absolute Gasteiger partial charge is 0.483 e. The quantitative estimate of drug-likeness (QED) is 0.324. The van der Waals surface area contributed by atoms with E-state index in [1.165, 1.54) is 0 Å². The molecule has 0 saturated carbocycles. The molecule has 0 saturated heterocycles. The highest BCUT2D eigenvalue weighted by Gasteiger charge is 2.31. The summed E-state index contributed by atoms with van der Waals surface area (Å²) >= 11 is 1.63. The lowest BCUT2D eigenvalue weighted by atomic mass is 10.0. The molecule has 0 bridgehead atoms. The fraction of sp³-hybridized carbons (Fsp3) is 0.531. The van der Waals surface area contributed by atoms with Crippen molar-refractivity contribution in [2.75, 3.05) is 25.1 Å². The summed E-state index contributed by atoms with van der Waals surface area (Å²) in [5, 5.41) is 22.5. The Labute approximate surface area is 274 Å². The van der Waals surface area contributed by atoms with E-state index in [1.54, 1.807) is 16.7 Å². The first kappa shape index (κ1) is 36.3. The monoisotopic (exact) mass is 654 g/mol. The molecular formula is C32H46N8O5S. The van der Waals surface area contributed by atoms with Gasteiger partial charge in [0.15, 0.2) is 11.6 Å². The molecule has 1 aromatic carbocycles. The number of thioether (sulfide) groups is 1. The second kappa shape index (κ2) is 17.5. The van der Waals surface area contributed by atoms with Crippen LogP contribution in [0.15, 0.2) is 30.3 Å². The predicted octanol–water partition coefficient (Wildman–Crippen LogP) is 3.47. The molecule has 3 N–H and O–H groups in total. The summed E-state index contributed by atoms with van der Waals surface area (Å²) < 4.78 is 3.66. The van der Waals surface area contributed by atoms with E-state index in [2.05, 4.69) is 15.7 Å². The molecule has 0 radical (unpaired) electrons. The highest BCUT2D eigenvalue weighted by molar-refractivity contribution is 7.98. The number of hydrogen-bond donors (Lipinski definition) is 3. The van der Waals surface area contributed by atoms with E-state index in [4.69, 9.17) is 20.0 Å². The summed E-state index contributed by atoms with van der Waals surface area (Å²) in [4.78, 5) is 55.6. The Morgan fingerprint density at radius 1 is 1.11 bits per heavy atom. The van der Waals surface area contributed by atoms with Crippen LogP contribution in [-0.2, 0) is 27.5 Å². The standard InChI is InChI=1S/C31H44N8O3S.CH2O2/c1-7-38-22(5)26(21(4)35-38)31(42)37-16-11-14-25(40)32-24(15-19-43-6)30(41)33-27(20(2)3)29-34-28(36-39(29)18-17-37)23-12-9-8-10-13-23;2-1-3/h8-10,12-13,20,24,27H,7,11,14-19H2,1-6H3,(H,32,40)(H,33,41);1H,(H,2,3)/t24-,27+;/m0./s1. The summed E-state index contributed by atoms with van der Waals surface area (Å²) in [6, 6.07) is 8.60. The number of nitrogens with one attached hydrogen (secondary N) is 2. The van der Waals surface area contributed by atoms with Crippen LogP contribution in [0, 0.1) is 19.8 Å². The van der Waals surface area contributed by atoms with Crippen LogP contribution in [0.3, 0.4) is 0 Å². The normalized spacial score (nSPS) is 17.7. The minimum absolute atomic E-state index is 0.0109. The Morgan fingerprint density at radius 3 is 2.41 bits per heavy atom. The molecule has 0 unspecified atom stereocenters. The number of fused-ring (bicyclic) bond motifs is 1. The molecule has 2 atom stereocenters. The Bertz CT molecular complexity index is 1470. The third-order valence-corrected chi connectivity index (χ3v) is 8.48. The fourth-order valence-electron chi connectivity index (χ4n) is 5.45. The molecule has 2 aromatic heterocycles. The van der Waals surface area contributed by atoms with Crippen LogP contribution < -0.4 is 10.6 Å². The molecule has 46 heavy (non-hydrogen) atoms. The lowest BCUT2D eigenvalue weighted by molar-refractivity contribution is -0.129. The Kier molecular flexibility index (Phi) is 13.8. The number of carboxylic acid groups (broad SMARTS) is 1. The van der Waals surface area contributed by atoms with E-state index < -0.39 is 12.1 Å². The Hall–Kier alpha value is -4.20. The first-order chi connectivity index (χ1) is 22.1. The zero-order valence-electron chi connectivity index (χ0n) is 27.5. The van der Waals surface area contributed by atoms with Gasteiger partial charge in [0.1, 0.15) is 6.04 Å². The summed E-state index contributed by atoms with van der Waals surface area (Å²) in [7, 11) is 0. The zero-order valence-corrected chi connectivity index (χ0v) is 28.3. The summed E-state index contributed by atoms with van der Waals surface area (Å²) in [5.74, 6) is 1.35. The molecule has 4 rings (SSSR count). The molecule has 14 heteroatoms. The van der Waals surface area contributed by atoms with Crippen molar-refractivity contribution in [1.29, 1.82) is 0 Å². The van der Waals surface area contributed by atoms with Crippen molar-refractivity contribution < 1.29 is 24.3 Å². The molecule has 3 aromatic rings. The maximum absolute atomic E-state index is 14.0. The topological polar surface area (TPSA) is 164 Å². The fourth-order valence-corrected chi connectivity index (χ4v) is 5.92. The van der Waals surface area contributed by atoms with Crippen LogP contribution in [0.1, 0.15) is 73.6 Å². The van der Waals surface area contributed by atoms with Gasteiger partial charge in [-0.05, 0) is 51.5 Å². The number of benzene rings is 1. The molecule has 1 aliphatic rings. The van der Waals surface area contributed by atoms with Gasteiger partial charge in [-0.1, -0.05) is 44.2 Å². The number of hydrogen-bond acceptors (Lipinski definition) is 8. The number of aromatic nitrogens is 5. The number of aryl methyl sites for hydroxylation is 2. The van der Waals surface area contributed by atoms with Crippen LogP contribution in [0.25, 0.3) is 11.4 Å². The van der Waals surface area contributed by atoms with Gasteiger partial charge in [0.05, 0.1) is 23.8 Å². The second-order valence-corrected chi connectivity index (χ2v) is 12.4. The minimum Gasteiger partial charge on any atom is -0.483 e. The molecule has 3 heterocycles. The highest BCUT2D eigenvalue weighted by Crippen LogP contribution is 2.25.